The Morgan fingerprint density at radius 2 is 2.21 bits per heavy atom. The molecule has 0 aromatic heterocycles. The highest BCUT2D eigenvalue weighted by molar-refractivity contribution is 5.48. The number of rotatable bonds is 4. The largest absolute Gasteiger partial charge is 0.573 e. The first-order chi connectivity index (χ1) is 9.03. The second-order valence-electron chi connectivity index (χ2n) is 4.67. The summed E-state index contributed by atoms with van der Waals surface area (Å²) >= 11 is 0. The van der Waals surface area contributed by atoms with Crippen molar-refractivity contribution in [3.8, 4) is 5.75 Å². The second-order valence-corrected chi connectivity index (χ2v) is 4.67. The first kappa shape index (κ1) is 14.0. The van der Waals surface area contributed by atoms with Gasteiger partial charge < -0.3 is 15.4 Å². The van der Waals surface area contributed by atoms with Crippen LogP contribution in [0.4, 0.5) is 18.9 Å². The first-order valence-electron chi connectivity index (χ1n) is 6.33. The van der Waals surface area contributed by atoms with Gasteiger partial charge in [-0.15, -0.1) is 13.2 Å². The van der Waals surface area contributed by atoms with Gasteiger partial charge in [-0.05, 0) is 44.0 Å². The van der Waals surface area contributed by atoms with E-state index in [1.54, 1.807) is 12.1 Å². The van der Waals surface area contributed by atoms with E-state index < -0.39 is 6.36 Å². The molecule has 6 heteroatoms. The molecule has 19 heavy (non-hydrogen) atoms. The standard InChI is InChI=1S/C13H17F3N2O/c14-13(15,16)19-12-5-1-4-11(7-12)18-9-10-3-2-6-17-8-10/h1,4-5,7,10,17-18H,2-3,6,8-9H2. The molecule has 1 aromatic carbocycles. The Bertz CT molecular complexity index is 403. The third-order valence-corrected chi connectivity index (χ3v) is 3.06. The molecule has 0 saturated carbocycles. The van der Waals surface area contributed by atoms with Crippen molar-refractivity contribution in [1.29, 1.82) is 0 Å². The third-order valence-electron chi connectivity index (χ3n) is 3.06. The highest BCUT2D eigenvalue weighted by Gasteiger charge is 2.31. The molecule has 3 nitrogen and oxygen atoms in total. The lowest BCUT2D eigenvalue weighted by Crippen LogP contribution is -2.33. The van der Waals surface area contributed by atoms with Crippen LogP contribution in [-0.2, 0) is 0 Å². The Hall–Kier alpha value is -1.43. The summed E-state index contributed by atoms with van der Waals surface area (Å²) in [5.74, 6) is 0.320. The van der Waals surface area contributed by atoms with Crippen LogP contribution in [0.25, 0.3) is 0 Å². The van der Waals surface area contributed by atoms with E-state index in [9.17, 15) is 13.2 Å². The molecular formula is C13H17F3N2O. The molecule has 106 valence electrons. The molecule has 1 unspecified atom stereocenters. The smallest absolute Gasteiger partial charge is 0.406 e. The van der Waals surface area contributed by atoms with Crippen molar-refractivity contribution in [2.45, 2.75) is 19.2 Å². The Labute approximate surface area is 110 Å². The van der Waals surface area contributed by atoms with Gasteiger partial charge in [0, 0.05) is 18.3 Å². The van der Waals surface area contributed by atoms with Crippen molar-refractivity contribution in [2.75, 3.05) is 25.0 Å². The van der Waals surface area contributed by atoms with Crippen LogP contribution in [0.2, 0.25) is 0 Å². The summed E-state index contributed by atoms with van der Waals surface area (Å²) in [5, 5.41) is 6.45. The van der Waals surface area contributed by atoms with E-state index in [-0.39, 0.29) is 5.75 Å². The van der Waals surface area contributed by atoms with Gasteiger partial charge >= 0.3 is 6.36 Å². The number of nitrogens with one attached hydrogen (secondary N) is 2. The van der Waals surface area contributed by atoms with Crippen LogP contribution in [0.1, 0.15) is 12.8 Å². The Balaban J connectivity index is 1.87. The number of anilines is 1. The topological polar surface area (TPSA) is 33.3 Å². The molecule has 0 radical (unpaired) electrons. The predicted octanol–water partition coefficient (Wildman–Crippen LogP) is 3.00. The summed E-state index contributed by atoms with van der Waals surface area (Å²) in [4.78, 5) is 0. The summed E-state index contributed by atoms with van der Waals surface area (Å²) in [7, 11) is 0. The van der Waals surface area contributed by atoms with Crippen LogP contribution in [0.5, 0.6) is 5.75 Å². The maximum absolute atomic E-state index is 12.1. The van der Waals surface area contributed by atoms with Gasteiger partial charge in [0.1, 0.15) is 5.75 Å². The molecule has 0 bridgehead atoms. The van der Waals surface area contributed by atoms with E-state index in [1.165, 1.54) is 12.1 Å². The molecule has 1 saturated heterocycles. The highest BCUT2D eigenvalue weighted by Crippen LogP contribution is 2.25. The Kier molecular flexibility index (Phi) is 4.52. The number of piperidine rings is 1. The lowest BCUT2D eigenvalue weighted by atomic mass is 10.00. The third kappa shape index (κ3) is 4.98. The lowest BCUT2D eigenvalue weighted by Gasteiger charge is -2.23. The van der Waals surface area contributed by atoms with E-state index in [0.29, 0.717) is 11.6 Å². The van der Waals surface area contributed by atoms with Gasteiger partial charge in [-0.2, -0.15) is 0 Å². The molecule has 0 spiro atoms. The van der Waals surface area contributed by atoms with E-state index in [1.807, 2.05) is 0 Å². The number of hydrogen-bond donors (Lipinski definition) is 2. The molecule has 1 aliphatic rings. The fourth-order valence-electron chi connectivity index (χ4n) is 2.16. The minimum absolute atomic E-state index is 0.195. The van der Waals surface area contributed by atoms with Crippen LogP contribution in [0.15, 0.2) is 24.3 Å². The SMILES string of the molecule is FC(F)(F)Oc1cccc(NCC2CCCNC2)c1. The molecule has 2 N–H and O–H groups in total. The number of ether oxygens (including phenoxy) is 1. The van der Waals surface area contributed by atoms with E-state index in [2.05, 4.69) is 15.4 Å². The van der Waals surface area contributed by atoms with Crippen LogP contribution in [0.3, 0.4) is 0 Å². The van der Waals surface area contributed by atoms with Gasteiger partial charge in [0.2, 0.25) is 0 Å². The zero-order valence-electron chi connectivity index (χ0n) is 10.5. The highest BCUT2D eigenvalue weighted by atomic mass is 19.4. The van der Waals surface area contributed by atoms with Crippen LogP contribution in [0, 0.1) is 5.92 Å². The average molecular weight is 274 g/mol. The van der Waals surface area contributed by atoms with Crippen LogP contribution in [-0.4, -0.2) is 26.0 Å². The zero-order chi connectivity index (χ0) is 13.7. The molecule has 1 fully saturated rings. The van der Waals surface area contributed by atoms with Gasteiger partial charge in [0.25, 0.3) is 0 Å². The van der Waals surface area contributed by atoms with Gasteiger partial charge in [-0.25, -0.2) is 0 Å². The molecule has 2 rings (SSSR count). The summed E-state index contributed by atoms with van der Waals surface area (Å²) < 4.78 is 40.2. The predicted molar refractivity (Wildman–Crippen MR) is 67.2 cm³/mol. The summed E-state index contributed by atoms with van der Waals surface area (Å²) in [6.45, 7) is 2.75. The quantitative estimate of drug-likeness (QED) is 0.885. The average Bonchev–Trinajstić information content (AvgIpc) is 2.36. The van der Waals surface area contributed by atoms with E-state index >= 15 is 0 Å². The summed E-state index contributed by atoms with van der Waals surface area (Å²) in [5.41, 5.74) is 0.646. The van der Waals surface area contributed by atoms with Crippen molar-refractivity contribution in [2.24, 2.45) is 5.92 Å². The number of benzene rings is 1. The minimum atomic E-state index is -4.65. The number of hydrogen-bond acceptors (Lipinski definition) is 3. The molecule has 1 aromatic rings. The van der Waals surface area contributed by atoms with Crippen LogP contribution < -0.4 is 15.4 Å². The van der Waals surface area contributed by atoms with Gasteiger partial charge in [-0.3, -0.25) is 0 Å². The van der Waals surface area contributed by atoms with Crippen molar-refractivity contribution in [1.82, 2.24) is 5.32 Å². The number of alkyl halides is 3. The Morgan fingerprint density at radius 1 is 1.37 bits per heavy atom. The zero-order valence-corrected chi connectivity index (χ0v) is 10.5. The monoisotopic (exact) mass is 274 g/mol. The number of halogens is 3. The van der Waals surface area contributed by atoms with E-state index in [0.717, 1.165) is 32.5 Å². The fourth-order valence-corrected chi connectivity index (χ4v) is 2.16. The normalized spacial score (nSPS) is 20.1. The van der Waals surface area contributed by atoms with Gasteiger partial charge in [0.05, 0.1) is 0 Å². The minimum Gasteiger partial charge on any atom is -0.406 e. The van der Waals surface area contributed by atoms with Crippen molar-refractivity contribution < 1.29 is 17.9 Å². The van der Waals surface area contributed by atoms with Gasteiger partial charge in [0.15, 0.2) is 0 Å². The molecular weight excluding hydrogens is 257 g/mol. The molecule has 1 heterocycles. The summed E-state index contributed by atoms with van der Waals surface area (Å²) in [6.07, 6.45) is -2.37. The van der Waals surface area contributed by atoms with Crippen molar-refractivity contribution >= 4 is 5.69 Å². The van der Waals surface area contributed by atoms with Crippen molar-refractivity contribution in [3.63, 3.8) is 0 Å². The van der Waals surface area contributed by atoms with E-state index in [4.69, 9.17) is 0 Å². The maximum Gasteiger partial charge on any atom is 0.573 e. The fraction of sp³-hybridized carbons (Fsp3) is 0.538. The van der Waals surface area contributed by atoms with Crippen LogP contribution >= 0.6 is 0 Å². The summed E-state index contributed by atoms with van der Waals surface area (Å²) in [6, 6.07) is 5.94. The maximum atomic E-state index is 12.1. The molecule has 1 atom stereocenters. The lowest BCUT2D eigenvalue weighted by molar-refractivity contribution is -0.274. The van der Waals surface area contributed by atoms with Crippen molar-refractivity contribution in [3.05, 3.63) is 24.3 Å². The van der Waals surface area contributed by atoms with Gasteiger partial charge in [-0.1, -0.05) is 6.07 Å². The second kappa shape index (κ2) is 6.14. The molecule has 0 aliphatic carbocycles. The molecule has 0 amide bonds. The molecule has 1 aliphatic heterocycles. The first-order valence-corrected chi connectivity index (χ1v) is 6.33. The Morgan fingerprint density at radius 3 is 2.89 bits per heavy atom.